The summed E-state index contributed by atoms with van der Waals surface area (Å²) >= 11 is 5.86. The predicted molar refractivity (Wildman–Crippen MR) is 119 cm³/mol. The molecule has 0 fully saturated rings. The van der Waals surface area contributed by atoms with Gasteiger partial charge < -0.3 is 9.84 Å². The SMILES string of the molecule is CCc1ccc(-c2noc3c(=O)n(CCC(=O)NCc4ccc(Cl)cc4)cnc23)cc1. The number of benzene rings is 2. The molecule has 31 heavy (non-hydrogen) atoms. The highest BCUT2D eigenvalue weighted by Crippen LogP contribution is 2.24. The van der Waals surface area contributed by atoms with Crippen molar-refractivity contribution in [1.29, 1.82) is 0 Å². The minimum atomic E-state index is -0.362. The average molecular weight is 437 g/mol. The molecule has 0 saturated heterocycles. The predicted octanol–water partition coefficient (Wildman–Crippen LogP) is 3.97. The van der Waals surface area contributed by atoms with E-state index in [-0.39, 0.29) is 30.0 Å². The van der Waals surface area contributed by atoms with Crippen molar-refractivity contribution in [2.75, 3.05) is 0 Å². The smallest absolute Gasteiger partial charge is 0.299 e. The van der Waals surface area contributed by atoms with Gasteiger partial charge in [0, 0.05) is 30.1 Å². The van der Waals surface area contributed by atoms with Crippen LogP contribution in [0.4, 0.5) is 0 Å². The number of halogens is 1. The summed E-state index contributed by atoms with van der Waals surface area (Å²) in [4.78, 5) is 29.3. The van der Waals surface area contributed by atoms with Crippen molar-refractivity contribution >= 4 is 28.6 Å². The minimum Gasteiger partial charge on any atom is -0.352 e. The van der Waals surface area contributed by atoms with Crippen molar-refractivity contribution in [1.82, 2.24) is 20.0 Å². The monoisotopic (exact) mass is 436 g/mol. The number of nitrogens with zero attached hydrogens (tertiary/aromatic N) is 3. The lowest BCUT2D eigenvalue weighted by Gasteiger charge is -2.07. The first kappa shape index (κ1) is 20.8. The Morgan fingerprint density at radius 2 is 1.81 bits per heavy atom. The third-order valence-corrected chi connectivity index (χ3v) is 5.32. The number of hydrogen-bond acceptors (Lipinski definition) is 5. The van der Waals surface area contributed by atoms with Gasteiger partial charge in [-0.15, -0.1) is 0 Å². The van der Waals surface area contributed by atoms with Gasteiger partial charge in [0.05, 0.1) is 6.33 Å². The third-order valence-electron chi connectivity index (χ3n) is 5.07. The molecule has 2 aromatic heterocycles. The summed E-state index contributed by atoms with van der Waals surface area (Å²) in [6.45, 7) is 2.67. The molecule has 2 aromatic carbocycles. The first-order chi connectivity index (χ1) is 15.0. The second-order valence-corrected chi connectivity index (χ2v) is 7.59. The van der Waals surface area contributed by atoms with Crippen LogP contribution in [0.15, 0.2) is 64.2 Å². The first-order valence-corrected chi connectivity index (χ1v) is 10.4. The standard InChI is InChI=1S/C23H21ClN4O3/c1-2-15-3-7-17(8-4-15)20-21-22(31-27-20)23(30)28(14-26-21)12-11-19(29)25-13-16-5-9-18(24)10-6-16/h3-10,14H,2,11-13H2,1H3,(H,25,29). The van der Waals surface area contributed by atoms with Crippen molar-refractivity contribution in [3.05, 3.63) is 81.4 Å². The Morgan fingerprint density at radius 1 is 1.10 bits per heavy atom. The van der Waals surface area contributed by atoms with Gasteiger partial charge in [0.2, 0.25) is 5.91 Å². The third kappa shape index (κ3) is 4.67. The number of aromatic nitrogens is 3. The summed E-state index contributed by atoms with van der Waals surface area (Å²) in [6.07, 6.45) is 2.51. The molecule has 0 aliphatic carbocycles. The van der Waals surface area contributed by atoms with E-state index in [1.807, 2.05) is 36.4 Å². The van der Waals surface area contributed by atoms with Crippen molar-refractivity contribution < 1.29 is 9.32 Å². The number of nitrogens with one attached hydrogen (secondary N) is 1. The van der Waals surface area contributed by atoms with E-state index in [1.54, 1.807) is 12.1 Å². The number of hydrogen-bond donors (Lipinski definition) is 1. The molecule has 2 heterocycles. The summed E-state index contributed by atoms with van der Waals surface area (Å²) in [5.74, 6) is -0.170. The summed E-state index contributed by atoms with van der Waals surface area (Å²) in [5.41, 5.74) is 3.65. The normalized spacial score (nSPS) is 11.0. The molecule has 0 spiro atoms. The van der Waals surface area contributed by atoms with Crippen LogP contribution in [-0.4, -0.2) is 20.6 Å². The van der Waals surface area contributed by atoms with Crippen LogP contribution in [0.2, 0.25) is 5.02 Å². The number of amides is 1. The van der Waals surface area contributed by atoms with Crippen LogP contribution in [0, 0.1) is 0 Å². The van der Waals surface area contributed by atoms with Crippen LogP contribution >= 0.6 is 11.6 Å². The molecule has 0 bridgehead atoms. The summed E-state index contributed by atoms with van der Waals surface area (Å²) < 4.78 is 6.66. The van der Waals surface area contributed by atoms with E-state index in [2.05, 4.69) is 22.4 Å². The minimum absolute atomic E-state index is 0.0821. The maximum absolute atomic E-state index is 12.7. The van der Waals surface area contributed by atoms with Crippen LogP contribution in [0.5, 0.6) is 0 Å². The van der Waals surface area contributed by atoms with E-state index in [0.717, 1.165) is 17.5 Å². The number of fused-ring (bicyclic) bond motifs is 1. The van der Waals surface area contributed by atoms with Crippen LogP contribution in [-0.2, 0) is 24.3 Å². The van der Waals surface area contributed by atoms with E-state index in [9.17, 15) is 9.59 Å². The number of carbonyl (C=O) groups is 1. The molecule has 0 aliphatic rings. The molecular formula is C23H21ClN4O3. The number of rotatable bonds is 7. The Balaban J connectivity index is 1.44. The van der Waals surface area contributed by atoms with E-state index in [4.69, 9.17) is 16.1 Å². The van der Waals surface area contributed by atoms with Crippen LogP contribution < -0.4 is 10.9 Å². The zero-order valence-electron chi connectivity index (χ0n) is 17.0. The van der Waals surface area contributed by atoms with Gasteiger partial charge in [0.15, 0.2) is 0 Å². The molecule has 0 radical (unpaired) electrons. The zero-order valence-corrected chi connectivity index (χ0v) is 17.7. The Labute approximate surface area is 183 Å². The lowest BCUT2D eigenvalue weighted by atomic mass is 10.1. The van der Waals surface area contributed by atoms with Crippen molar-refractivity contribution in [2.45, 2.75) is 32.9 Å². The molecule has 8 heteroatoms. The fourth-order valence-electron chi connectivity index (χ4n) is 3.22. The number of carbonyl (C=O) groups excluding carboxylic acids is 1. The summed E-state index contributed by atoms with van der Waals surface area (Å²) in [7, 11) is 0. The Kier molecular flexibility index (Phi) is 6.13. The van der Waals surface area contributed by atoms with E-state index >= 15 is 0 Å². The van der Waals surface area contributed by atoms with Gasteiger partial charge in [-0.25, -0.2) is 4.98 Å². The maximum Gasteiger partial charge on any atom is 0.299 e. The topological polar surface area (TPSA) is 90.0 Å². The highest BCUT2D eigenvalue weighted by atomic mass is 35.5. The maximum atomic E-state index is 12.7. The summed E-state index contributed by atoms with van der Waals surface area (Å²) in [6, 6.07) is 15.1. The molecule has 4 rings (SSSR count). The Hall–Kier alpha value is -3.45. The van der Waals surface area contributed by atoms with Crippen molar-refractivity contribution in [2.24, 2.45) is 0 Å². The van der Waals surface area contributed by atoms with Gasteiger partial charge in [-0.1, -0.05) is 60.1 Å². The van der Waals surface area contributed by atoms with Crippen LogP contribution in [0.25, 0.3) is 22.4 Å². The average Bonchev–Trinajstić information content (AvgIpc) is 3.23. The fourth-order valence-corrected chi connectivity index (χ4v) is 3.34. The quantitative estimate of drug-likeness (QED) is 0.473. The van der Waals surface area contributed by atoms with Gasteiger partial charge >= 0.3 is 0 Å². The highest BCUT2D eigenvalue weighted by Gasteiger charge is 2.16. The molecule has 1 N–H and O–H groups in total. The van der Waals surface area contributed by atoms with Crippen molar-refractivity contribution in [3.63, 3.8) is 0 Å². The highest BCUT2D eigenvalue weighted by molar-refractivity contribution is 6.30. The second-order valence-electron chi connectivity index (χ2n) is 7.16. The molecule has 7 nitrogen and oxygen atoms in total. The second kappa shape index (κ2) is 9.14. The zero-order chi connectivity index (χ0) is 21.8. The molecule has 158 valence electrons. The Bertz CT molecular complexity index is 1260. The van der Waals surface area contributed by atoms with Crippen LogP contribution in [0.3, 0.4) is 0 Å². The lowest BCUT2D eigenvalue weighted by molar-refractivity contribution is -0.121. The Morgan fingerprint density at radius 3 is 2.52 bits per heavy atom. The van der Waals surface area contributed by atoms with Gasteiger partial charge in [-0.3, -0.25) is 14.2 Å². The molecule has 0 saturated carbocycles. The van der Waals surface area contributed by atoms with Gasteiger partial charge in [0.1, 0.15) is 11.2 Å². The molecule has 0 atom stereocenters. The van der Waals surface area contributed by atoms with Gasteiger partial charge in [-0.2, -0.15) is 0 Å². The van der Waals surface area contributed by atoms with E-state index < -0.39 is 0 Å². The van der Waals surface area contributed by atoms with E-state index in [1.165, 1.54) is 16.5 Å². The first-order valence-electron chi connectivity index (χ1n) is 10.0. The number of aryl methyl sites for hydroxylation is 2. The summed E-state index contributed by atoms with van der Waals surface area (Å²) in [5, 5.41) is 7.52. The van der Waals surface area contributed by atoms with Gasteiger partial charge in [-0.05, 0) is 29.7 Å². The molecule has 4 aromatic rings. The lowest BCUT2D eigenvalue weighted by Crippen LogP contribution is -2.27. The molecule has 0 unspecified atom stereocenters. The largest absolute Gasteiger partial charge is 0.352 e. The van der Waals surface area contributed by atoms with Gasteiger partial charge in [0.25, 0.3) is 11.1 Å². The molecule has 0 aliphatic heterocycles. The van der Waals surface area contributed by atoms with Crippen LogP contribution in [0.1, 0.15) is 24.5 Å². The molecule has 1 amide bonds. The molecular weight excluding hydrogens is 416 g/mol. The van der Waals surface area contributed by atoms with Crippen molar-refractivity contribution in [3.8, 4) is 11.3 Å². The fraction of sp³-hybridized carbons (Fsp3) is 0.217. The van der Waals surface area contributed by atoms with E-state index in [0.29, 0.717) is 22.8 Å².